The fourth-order valence-corrected chi connectivity index (χ4v) is 5.94. The molecule has 4 aromatic rings. The number of carbonyl (C=O) groups excluding carboxylic acids is 1. The van der Waals surface area contributed by atoms with Crippen LogP contribution < -0.4 is 25.0 Å². The number of halogens is 1. The molecule has 1 aliphatic heterocycles. The van der Waals surface area contributed by atoms with Gasteiger partial charge in [0.15, 0.2) is 5.82 Å². The number of methoxy groups -OCH3 is 2. The molecule has 0 aliphatic carbocycles. The predicted octanol–water partition coefficient (Wildman–Crippen LogP) is 7.32. The van der Waals surface area contributed by atoms with Gasteiger partial charge in [-0.1, -0.05) is 44.9 Å². The van der Waals surface area contributed by atoms with Crippen molar-refractivity contribution in [2.24, 2.45) is 0 Å². The topological polar surface area (TPSA) is 91.5 Å². The summed E-state index contributed by atoms with van der Waals surface area (Å²) in [5.41, 5.74) is 5.28. The van der Waals surface area contributed by atoms with E-state index in [1.54, 1.807) is 14.2 Å². The van der Waals surface area contributed by atoms with Crippen LogP contribution >= 0.6 is 11.6 Å². The molecule has 1 aliphatic rings. The van der Waals surface area contributed by atoms with E-state index >= 15 is 0 Å². The molecular formula is C33H42ClN5O3. The van der Waals surface area contributed by atoms with Gasteiger partial charge in [-0.05, 0) is 62.2 Å². The first-order valence-electron chi connectivity index (χ1n) is 14.7. The Morgan fingerprint density at radius 3 is 2.31 bits per heavy atom. The van der Waals surface area contributed by atoms with E-state index in [1.165, 1.54) is 0 Å². The number of anilines is 2. The Balaban J connectivity index is 0.00000198. The molecule has 2 atom stereocenters. The third-order valence-electron chi connectivity index (χ3n) is 7.37. The predicted molar refractivity (Wildman–Crippen MR) is 174 cm³/mol. The number of rotatable bonds is 8. The third-order valence-corrected chi connectivity index (χ3v) is 7.75. The number of hydrogen-bond acceptors (Lipinski definition) is 6. The zero-order chi connectivity index (χ0) is 30.4. The zero-order valence-corrected chi connectivity index (χ0v) is 26.4. The Hall–Kier alpha value is -3.75. The molecule has 3 N–H and O–H groups in total. The van der Waals surface area contributed by atoms with E-state index in [9.17, 15) is 4.79 Å². The van der Waals surface area contributed by atoms with Crippen LogP contribution in [0.4, 0.5) is 11.5 Å². The second kappa shape index (κ2) is 13.9. The van der Waals surface area contributed by atoms with Crippen molar-refractivity contribution in [3.8, 4) is 22.6 Å². The minimum absolute atomic E-state index is 0.211. The van der Waals surface area contributed by atoms with E-state index in [0.717, 1.165) is 65.0 Å². The molecule has 9 heteroatoms. The molecule has 0 spiro atoms. The molecule has 1 aromatic heterocycles. The van der Waals surface area contributed by atoms with Gasteiger partial charge in [0, 0.05) is 59.0 Å². The molecule has 1 fully saturated rings. The fraction of sp³-hybridized carbons (Fsp3) is 0.394. The lowest BCUT2D eigenvalue weighted by Crippen LogP contribution is -2.54. The molecule has 1 saturated heterocycles. The maximum Gasteiger partial charge on any atom is 0.256 e. The van der Waals surface area contributed by atoms with Crippen LogP contribution in [0.1, 0.15) is 57.0 Å². The van der Waals surface area contributed by atoms with Crippen LogP contribution in [0.5, 0.6) is 11.5 Å². The van der Waals surface area contributed by atoms with E-state index in [1.807, 2.05) is 62.4 Å². The van der Waals surface area contributed by atoms with E-state index in [-0.39, 0.29) is 5.91 Å². The lowest BCUT2D eigenvalue weighted by Gasteiger charge is -2.37. The number of amides is 1. The number of aromatic nitrogens is 2. The van der Waals surface area contributed by atoms with Crippen LogP contribution in [0.3, 0.4) is 0 Å². The second-order valence-electron chi connectivity index (χ2n) is 10.4. The van der Waals surface area contributed by atoms with Crippen molar-refractivity contribution in [2.75, 3.05) is 37.5 Å². The number of carbonyl (C=O) groups is 1. The molecule has 5 rings (SSSR count). The molecule has 3 aromatic carbocycles. The SMILES string of the molecule is CC.CCCc1c(OC)cc(OC)c(Cl)c1-c1ccc2c(NC(=O)c3ccc(N4C[C@@H](C)N[C@@H](C)C4)cc3)n[nH]c2c1. The van der Waals surface area contributed by atoms with Crippen molar-refractivity contribution < 1.29 is 14.3 Å². The number of nitrogens with zero attached hydrogens (tertiary/aromatic N) is 2. The number of aromatic amines is 1. The standard InChI is InChI=1S/C31H36ClN5O3.C2H6/c1-6-7-24-26(39-4)15-27(40-5)29(32)28(24)21-10-13-23-25(14-21)35-36-30(23)34-31(38)20-8-11-22(12-9-20)37-16-18(2)33-19(3)17-37;1-2/h8-15,18-19,33H,6-7,16-17H2,1-5H3,(H2,34,35,36,38);1-2H3/t18-,19+;. The minimum atomic E-state index is -0.211. The molecule has 0 radical (unpaired) electrons. The highest BCUT2D eigenvalue weighted by Gasteiger charge is 2.22. The van der Waals surface area contributed by atoms with Crippen LogP contribution in [0, 0.1) is 0 Å². The number of H-pyrrole nitrogens is 1. The van der Waals surface area contributed by atoms with Crippen molar-refractivity contribution >= 4 is 39.9 Å². The summed E-state index contributed by atoms with van der Waals surface area (Å²) in [7, 11) is 3.24. The van der Waals surface area contributed by atoms with Crippen molar-refractivity contribution in [3.63, 3.8) is 0 Å². The van der Waals surface area contributed by atoms with Crippen molar-refractivity contribution in [1.29, 1.82) is 0 Å². The Kier molecular flexibility index (Phi) is 10.4. The maximum absolute atomic E-state index is 13.1. The summed E-state index contributed by atoms with van der Waals surface area (Å²) in [6, 6.07) is 16.3. The summed E-state index contributed by atoms with van der Waals surface area (Å²) in [4.78, 5) is 15.5. The summed E-state index contributed by atoms with van der Waals surface area (Å²) in [6.45, 7) is 12.4. The normalized spacial score (nSPS) is 16.5. The van der Waals surface area contributed by atoms with Crippen molar-refractivity contribution in [1.82, 2.24) is 15.5 Å². The molecule has 42 heavy (non-hydrogen) atoms. The zero-order valence-electron chi connectivity index (χ0n) is 25.6. The molecule has 0 saturated carbocycles. The van der Waals surface area contributed by atoms with E-state index in [4.69, 9.17) is 21.1 Å². The van der Waals surface area contributed by atoms with Crippen LogP contribution in [-0.2, 0) is 6.42 Å². The maximum atomic E-state index is 13.1. The average molecular weight is 592 g/mol. The Morgan fingerprint density at radius 2 is 1.69 bits per heavy atom. The van der Waals surface area contributed by atoms with E-state index in [2.05, 4.69) is 46.5 Å². The van der Waals surface area contributed by atoms with Gasteiger partial charge in [0.1, 0.15) is 11.5 Å². The number of fused-ring (bicyclic) bond motifs is 1. The van der Waals surface area contributed by atoms with Gasteiger partial charge in [0.2, 0.25) is 0 Å². The van der Waals surface area contributed by atoms with E-state index in [0.29, 0.717) is 34.2 Å². The highest BCUT2D eigenvalue weighted by atomic mass is 35.5. The molecule has 8 nitrogen and oxygen atoms in total. The monoisotopic (exact) mass is 591 g/mol. The Bertz CT molecular complexity index is 1510. The summed E-state index contributed by atoms with van der Waals surface area (Å²) in [5.74, 6) is 1.56. The summed E-state index contributed by atoms with van der Waals surface area (Å²) in [6.07, 6.45) is 1.74. The number of piperazine rings is 1. The number of ether oxygens (including phenoxy) is 2. The number of benzene rings is 3. The van der Waals surface area contributed by atoms with Crippen molar-refractivity contribution in [2.45, 2.75) is 59.5 Å². The quantitative estimate of drug-likeness (QED) is 0.199. The number of nitrogens with one attached hydrogen (secondary N) is 3. The highest BCUT2D eigenvalue weighted by molar-refractivity contribution is 6.35. The smallest absolute Gasteiger partial charge is 0.256 e. The van der Waals surface area contributed by atoms with E-state index < -0.39 is 0 Å². The highest BCUT2D eigenvalue weighted by Crippen LogP contribution is 2.44. The first-order valence-corrected chi connectivity index (χ1v) is 15.0. The summed E-state index contributed by atoms with van der Waals surface area (Å²) in [5, 5.41) is 15.3. The number of hydrogen-bond donors (Lipinski definition) is 3. The molecule has 1 amide bonds. The average Bonchev–Trinajstić information content (AvgIpc) is 3.40. The lowest BCUT2D eigenvalue weighted by atomic mass is 9.94. The summed E-state index contributed by atoms with van der Waals surface area (Å²) >= 11 is 6.81. The minimum Gasteiger partial charge on any atom is -0.496 e. The van der Waals surface area contributed by atoms with Crippen molar-refractivity contribution in [3.05, 3.63) is 64.7 Å². The molecule has 2 heterocycles. The van der Waals surface area contributed by atoms with Gasteiger partial charge < -0.3 is 25.0 Å². The van der Waals surface area contributed by atoms with Gasteiger partial charge in [-0.3, -0.25) is 9.89 Å². The van der Waals surface area contributed by atoms with Gasteiger partial charge >= 0.3 is 0 Å². The molecule has 0 bridgehead atoms. The van der Waals surface area contributed by atoms with Gasteiger partial charge in [0.25, 0.3) is 5.91 Å². The van der Waals surface area contributed by atoms with Gasteiger partial charge in [0.05, 0.1) is 24.8 Å². The van der Waals surface area contributed by atoms with Crippen LogP contribution in [0.2, 0.25) is 5.02 Å². The van der Waals surface area contributed by atoms with Gasteiger partial charge in [-0.15, -0.1) is 0 Å². The molecule has 0 unspecified atom stereocenters. The summed E-state index contributed by atoms with van der Waals surface area (Å²) < 4.78 is 11.2. The van der Waals surface area contributed by atoms with Gasteiger partial charge in [-0.2, -0.15) is 5.10 Å². The lowest BCUT2D eigenvalue weighted by molar-refractivity contribution is 0.102. The first-order chi connectivity index (χ1) is 20.3. The van der Waals surface area contributed by atoms with Crippen LogP contribution in [-0.4, -0.2) is 55.5 Å². The van der Waals surface area contributed by atoms with Crippen LogP contribution in [0.15, 0.2) is 48.5 Å². The van der Waals surface area contributed by atoms with Crippen LogP contribution in [0.25, 0.3) is 22.0 Å². The third kappa shape index (κ3) is 6.50. The Labute approximate surface area is 253 Å². The second-order valence-corrected chi connectivity index (χ2v) is 10.8. The Morgan fingerprint density at radius 1 is 1.02 bits per heavy atom. The largest absolute Gasteiger partial charge is 0.496 e. The van der Waals surface area contributed by atoms with Gasteiger partial charge in [-0.25, -0.2) is 0 Å². The molecule has 224 valence electrons. The molecular weight excluding hydrogens is 550 g/mol. The first kappa shape index (κ1) is 31.2. The fourth-order valence-electron chi connectivity index (χ4n) is 5.59.